The molecule has 0 radical (unpaired) electrons. The first-order valence-electron chi connectivity index (χ1n) is 11.0. The van der Waals surface area contributed by atoms with E-state index in [4.69, 9.17) is 32.9 Å². The van der Waals surface area contributed by atoms with Gasteiger partial charge in [-0.05, 0) is 55.5 Å². The number of ether oxygens (including phenoxy) is 1. The Bertz CT molecular complexity index is 1300. The number of amides is 1. The molecule has 0 aliphatic carbocycles. The molecule has 0 saturated carbocycles. The Morgan fingerprint density at radius 1 is 1.00 bits per heavy atom. The van der Waals surface area contributed by atoms with Crippen molar-refractivity contribution in [2.24, 2.45) is 0 Å². The second-order valence-electron chi connectivity index (χ2n) is 8.08. The molecule has 0 spiro atoms. The summed E-state index contributed by atoms with van der Waals surface area (Å²) in [5.74, 6) is 1.70. The molecule has 7 heteroatoms. The second-order valence-corrected chi connectivity index (χ2v) is 8.89. The van der Waals surface area contributed by atoms with E-state index >= 15 is 0 Å². The average molecular weight is 480 g/mol. The maximum atomic E-state index is 13.0. The highest BCUT2D eigenvalue weighted by molar-refractivity contribution is 6.36. The van der Waals surface area contributed by atoms with Crippen molar-refractivity contribution in [1.82, 2.24) is 9.55 Å². The number of rotatable bonds is 6. The van der Waals surface area contributed by atoms with Crippen molar-refractivity contribution in [2.45, 2.75) is 25.8 Å². The zero-order valence-corrected chi connectivity index (χ0v) is 19.7. The Labute approximate surface area is 202 Å². The van der Waals surface area contributed by atoms with Crippen LogP contribution in [0.5, 0.6) is 5.75 Å². The quantitative estimate of drug-likeness (QED) is 0.325. The number of fused-ring (bicyclic) bond motifs is 1. The number of imidazole rings is 1. The smallest absolute Gasteiger partial charge is 0.227 e. The Balaban J connectivity index is 1.50. The number of nitrogens with zero attached hydrogens (tertiary/aromatic N) is 3. The first-order valence-corrected chi connectivity index (χ1v) is 11.7. The Hall–Kier alpha value is -3.02. The lowest BCUT2D eigenvalue weighted by Crippen LogP contribution is -2.24. The van der Waals surface area contributed by atoms with Crippen molar-refractivity contribution < 1.29 is 9.53 Å². The molecule has 1 amide bonds. The number of benzene rings is 3. The monoisotopic (exact) mass is 479 g/mol. The molecule has 1 atom stereocenters. The van der Waals surface area contributed by atoms with Gasteiger partial charge in [-0.1, -0.05) is 41.4 Å². The highest BCUT2D eigenvalue weighted by atomic mass is 35.5. The van der Waals surface area contributed by atoms with Gasteiger partial charge in [-0.15, -0.1) is 0 Å². The molecule has 1 aromatic heterocycles. The third-order valence-corrected chi connectivity index (χ3v) is 6.72. The Kier molecular flexibility index (Phi) is 6.00. The minimum Gasteiger partial charge on any atom is -0.494 e. The van der Waals surface area contributed by atoms with Gasteiger partial charge in [-0.25, -0.2) is 4.98 Å². The second kappa shape index (κ2) is 9.08. The van der Waals surface area contributed by atoms with Gasteiger partial charge >= 0.3 is 0 Å². The normalized spacial score (nSPS) is 16.0. The topological polar surface area (TPSA) is 47.4 Å². The molecule has 1 saturated heterocycles. The van der Waals surface area contributed by atoms with Crippen LogP contribution in [0.25, 0.3) is 11.0 Å². The van der Waals surface area contributed by atoms with E-state index in [0.717, 1.165) is 33.9 Å². The van der Waals surface area contributed by atoms with E-state index < -0.39 is 0 Å². The minimum absolute atomic E-state index is 0.0438. The molecule has 1 aliphatic heterocycles. The SMILES string of the molecule is CCOc1ccc(N2CC(c3nc4ccccc4n3Cc3c(Cl)cccc3Cl)CC2=O)cc1. The Morgan fingerprint density at radius 3 is 2.45 bits per heavy atom. The predicted molar refractivity (Wildman–Crippen MR) is 133 cm³/mol. The molecule has 4 aromatic rings. The van der Waals surface area contributed by atoms with Crippen molar-refractivity contribution in [3.63, 3.8) is 0 Å². The van der Waals surface area contributed by atoms with Gasteiger partial charge < -0.3 is 14.2 Å². The summed E-state index contributed by atoms with van der Waals surface area (Å²) in [5.41, 5.74) is 3.60. The van der Waals surface area contributed by atoms with Crippen LogP contribution < -0.4 is 9.64 Å². The molecule has 33 heavy (non-hydrogen) atoms. The third kappa shape index (κ3) is 4.19. The van der Waals surface area contributed by atoms with Gasteiger partial charge in [0.05, 0.1) is 24.2 Å². The van der Waals surface area contributed by atoms with E-state index in [1.54, 1.807) is 0 Å². The molecule has 3 aromatic carbocycles. The number of aromatic nitrogens is 2. The fraction of sp³-hybridized carbons (Fsp3) is 0.231. The van der Waals surface area contributed by atoms with Crippen LogP contribution in [0.4, 0.5) is 5.69 Å². The average Bonchev–Trinajstić information content (AvgIpc) is 3.38. The number of anilines is 1. The molecule has 5 nitrogen and oxygen atoms in total. The standard InChI is InChI=1S/C26H23Cl2N3O2/c1-2-33-19-12-10-18(11-13-19)30-15-17(14-25(30)32)26-29-23-8-3-4-9-24(23)31(26)16-20-21(27)6-5-7-22(20)28/h3-13,17H,2,14-16H2,1H3. The summed E-state index contributed by atoms with van der Waals surface area (Å²) in [6.07, 6.45) is 0.396. The summed E-state index contributed by atoms with van der Waals surface area (Å²) in [6.45, 7) is 3.61. The lowest BCUT2D eigenvalue weighted by Gasteiger charge is -2.18. The first-order chi connectivity index (χ1) is 16.0. The van der Waals surface area contributed by atoms with Crippen molar-refractivity contribution >= 4 is 45.8 Å². The van der Waals surface area contributed by atoms with Gasteiger partial charge in [0.2, 0.25) is 5.91 Å². The third-order valence-electron chi connectivity index (χ3n) is 6.01. The van der Waals surface area contributed by atoms with Crippen LogP contribution in [0.1, 0.15) is 30.7 Å². The summed E-state index contributed by atoms with van der Waals surface area (Å²) in [6, 6.07) is 21.2. The van der Waals surface area contributed by atoms with Crippen LogP contribution >= 0.6 is 23.2 Å². The van der Waals surface area contributed by atoms with E-state index in [-0.39, 0.29) is 11.8 Å². The van der Waals surface area contributed by atoms with Crippen LogP contribution in [0.15, 0.2) is 66.7 Å². The fourth-order valence-corrected chi connectivity index (χ4v) is 4.95. The van der Waals surface area contributed by atoms with Crippen LogP contribution in [0, 0.1) is 0 Å². The minimum atomic E-state index is -0.0438. The molecular formula is C26H23Cl2N3O2. The van der Waals surface area contributed by atoms with Crippen LogP contribution in [0.3, 0.4) is 0 Å². The zero-order chi connectivity index (χ0) is 22.9. The molecule has 1 aliphatic rings. The molecule has 2 heterocycles. The summed E-state index contributed by atoms with van der Waals surface area (Å²) < 4.78 is 7.67. The molecule has 1 fully saturated rings. The van der Waals surface area contributed by atoms with Crippen molar-refractivity contribution in [1.29, 1.82) is 0 Å². The molecule has 5 rings (SSSR count). The highest BCUT2D eigenvalue weighted by Crippen LogP contribution is 2.35. The van der Waals surface area contributed by atoms with Crippen LogP contribution in [-0.4, -0.2) is 28.6 Å². The van der Waals surface area contributed by atoms with Crippen LogP contribution in [-0.2, 0) is 11.3 Å². The predicted octanol–water partition coefficient (Wildman–Crippen LogP) is 6.31. The summed E-state index contributed by atoms with van der Waals surface area (Å²) >= 11 is 13.0. The van der Waals surface area contributed by atoms with Gasteiger partial charge in [0, 0.05) is 40.2 Å². The van der Waals surface area contributed by atoms with E-state index in [1.165, 1.54) is 0 Å². The number of halogens is 2. The van der Waals surface area contributed by atoms with Gasteiger partial charge in [0.1, 0.15) is 11.6 Å². The van der Waals surface area contributed by atoms with Gasteiger partial charge in [0.25, 0.3) is 0 Å². The Morgan fingerprint density at radius 2 is 1.73 bits per heavy atom. The molecule has 0 N–H and O–H groups in total. The number of carbonyl (C=O) groups excluding carboxylic acids is 1. The summed E-state index contributed by atoms with van der Waals surface area (Å²) in [4.78, 5) is 19.7. The van der Waals surface area contributed by atoms with Crippen molar-refractivity contribution in [3.8, 4) is 5.75 Å². The number of carbonyl (C=O) groups is 1. The number of para-hydroxylation sites is 2. The molecule has 0 bridgehead atoms. The van der Waals surface area contributed by atoms with Gasteiger partial charge in [0.15, 0.2) is 0 Å². The van der Waals surface area contributed by atoms with Crippen LogP contribution in [0.2, 0.25) is 10.0 Å². The van der Waals surface area contributed by atoms with E-state index in [1.807, 2.05) is 78.6 Å². The molecule has 1 unspecified atom stereocenters. The number of hydrogen-bond donors (Lipinski definition) is 0. The maximum absolute atomic E-state index is 13.0. The summed E-state index contributed by atoms with van der Waals surface area (Å²) in [5, 5.41) is 1.23. The van der Waals surface area contributed by atoms with Gasteiger partial charge in [-0.3, -0.25) is 4.79 Å². The zero-order valence-electron chi connectivity index (χ0n) is 18.2. The molecule has 168 valence electrons. The molecular weight excluding hydrogens is 457 g/mol. The summed E-state index contributed by atoms with van der Waals surface area (Å²) in [7, 11) is 0. The maximum Gasteiger partial charge on any atom is 0.227 e. The lowest BCUT2D eigenvalue weighted by molar-refractivity contribution is -0.117. The van der Waals surface area contributed by atoms with E-state index in [2.05, 4.69) is 4.57 Å². The largest absolute Gasteiger partial charge is 0.494 e. The van der Waals surface area contributed by atoms with E-state index in [9.17, 15) is 4.79 Å². The first kappa shape index (κ1) is 21.8. The van der Waals surface area contributed by atoms with Crippen molar-refractivity contribution in [3.05, 3.63) is 88.2 Å². The van der Waals surface area contributed by atoms with Gasteiger partial charge in [-0.2, -0.15) is 0 Å². The highest BCUT2D eigenvalue weighted by Gasteiger charge is 2.35. The lowest BCUT2D eigenvalue weighted by atomic mass is 10.1. The van der Waals surface area contributed by atoms with Crippen molar-refractivity contribution in [2.75, 3.05) is 18.1 Å². The number of hydrogen-bond acceptors (Lipinski definition) is 3. The fourth-order valence-electron chi connectivity index (χ4n) is 4.43. The van der Waals surface area contributed by atoms with E-state index in [0.29, 0.717) is 36.2 Å².